The second kappa shape index (κ2) is 14.1. The molecule has 0 bridgehead atoms. The second-order valence-corrected chi connectivity index (χ2v) is 8.62. The fraction of sp³-hybridized carbons (Fsp3) is 0.200. The molecule has 0 unspecified atom stereocenters. The van der Waals surface area contributed by atoms with E-state index in [2.05, 4.69) is 10.6 Å². The molecular weight excluding hydrogens is 516 g/mol. The number of esters is 2. The fourth-order valence-corrected chi connectivity index (χ4v) is 3.68. The van der Waals surface area contributed by atoms with Crippen LogP contribution in [0.2, 0.25) is 0 Å². The van der Waals surface area contributed by atoms with Crippen LogP contribution in [0.5, 0.6) is 11.5 Å². The monoisotopic (exact) mass is 544 g/mol. The Bertz CT molecular complexity index is 1390. The van der Waals surface area contributed by atoms with Crippen molar-refractivity contribution in [2.75, 3.05) is 39.5 Å². The number of fused-ring (bicyclic) bond motifs is 2. The molecule has 2 amide bonds. The first-order chi connectivity index (χ1) is 19.5. The summed E-state index contributed by atoms with van der Waals surface area (Å²) in [4.78, 5) is 47.5. The van der Waals surface area contributed by atoms with E-state index in [1.165, 1.54) is 0 Å². The van der Waals surface area contributed by atoms with Gasteiger partial charge in [0.25, 0.3) is 11.8 Å². The van der Waals surface area contributed by atoms with E-state index in [-0.39, 0.29) is 26.3 Å². The number of ether oxygens (including phenoxy) is 4. The zero-order chi connectivity index (χ0) is 28.2. The molecule has 0 saturated carbocycles. The van der Waals surface area contributed by atoms with Gasteiger partial charge in [-0.3, -0.25) is 9.59 Å². The lowest BCUT2D eigenvalue weighted by Gasteiger charge is -2.10. The number of carbonyl (C=O) groups excluding carboxylic acids is 4. The summed E-state index contributed by atoms with van der Waals surface area (Å²) in [5.41, 5.74) is 0. The first-order valence-corrected chi connectivity index (χ1v) is 12.5. The van der Waals surface area contributed by atoms with Crippen LogP contribution in [0.4, 0.5) is 0 Å². The van der Waals surface area contributed by atoms with Crippen molar-refractivity contribution >= 4 is 45.3 Å². The van der Waals surface area contributed by atoms with Crippen molar-refractivity contribution < 1.29 is 38.1 Å². The van der Waals surface area contributed by atoms with E-state index >= 15 is 0 Å². The van der Waals surface area contributed by atoms with Crippen LogP contribution in [0.3, 0.4) is 0 Å². The Morgan fingerprint density at radius 3 is 1.32 bits per heavy atom. The van der Waals surface area contributed by atoms with Gasteiger partial charge in [-0.1, -0.05) is 60.7 Å². The molecular formula is C30H28N2O8. The summed E-state index contributed by atoms with van der Waals surface area (Å²) in [5.74, 6) is -1.43. The Morgan fingerprint density at radius 2 is 0.900 bits per heavy atom. The number of amides is 2. The zero-order valence-electron chi connectivity index (χ0n) is 21.6. The number of hydrogen-bond acceptors (Lipinski definition) is 8. The first-order valence-electron chi connectivity index (χ1n) is 12.5. The zero-order valence-corrected chi connectivity index (χ0v) is 21.6. The minimum atomic E-state index is -0.692. The molecule has 4 aromatic carbocycles. The lowest BCUT2D eigenvalue weighted by atomic mass is 10.1. The SMILES string of the molecule is O=C(COC(=O)COc1ccc2ccccc2c1)NCCNC(=O)COC(=O)COc1ccc2ccccc2c1. The minimum Gasteiger partial charge on any atom is -0.482 e. The van der Waals surface area contributed by atoms with Crippen LogP contribution in [0, 0.1) is 0 Å². The van der Waals surface area contributed by atoms with Gasteiger partial charge in [0.05, 0.1) is 0 Å². The average Bonchev–Trinajstić information content (AvgIpc) is 2.98. The van der Waals surface area contributed by atoms with Gasteiger partial charge < -0.3 is 29.6 Å². The molecule has 0 saturated heterocycles. The molecule has 40 heavy (non-hydrogen) atoms. The predicted molar refractivity (Wildman–Crippen MR) is 147 cm³/mol. The largest absolute Gasteiger partial charge is 0.482 e. The van der Waals surface area contributed by atoms with E-state index < -0.39 is 37.0 Å². The van der Waals surface area contributed by atoms with Gasteiger partial charge in [0.2, 0.25) is 0 Å². The first kappa shape index (κ1) is 27.9. The van der Waals surface area contributed by atoms with Crippen molar-refractivity contribution in [3.8, 4) is 11.5 Å². The minimum absolute atomic E-state index is 0.0920. The highest BCUT2D eigenvalue weighted by atomic mass is 16.6. The van der Waals surface area contributed by atoms with E-state index in [9.17, 15) is 19.2 Å². The van der Waals surface area contributed by atoms with E-state index in [0.29, 0.717) is 11.5 Å². The highest BCUT2D eigenvalue weighted by molar-refractivity contribution is 5.85. The Labute approximate surface area is 230 Å². The molecule has 0 fully saturated rings. The van der Waals surface area contributed by atoms with Gasteiger partial charge in [-0.25, -0.2) is 9.59 Å². The normalized spacial score (nSPS) is 10.5. The molecule has 0 heterocycles. The molecule has 0 aliphatic heterocycles. The van der Waals surface area contributed by atoms with Crippen LogP contribution in [0.25, 0.3) is 21.5 Å². The van der Waals surface area contributed by atoms with Gasteiger partial charge in [0.15, 0.2) is 26.4 Å². The lowest BCUT2D eigenvalue weighted by Crippen LogP contribution is -2.38. The number of hydrogen-bond donors (Lipinski definition) is 2. The van der Waals surface area contributed by atoms with E-state index in [1.54, 1.807) is 12.1 Å². The van der Waals surface area contributed by atoms with Crippen molar-refractivity contribution in [1.29, 1.82) is 0 Å². The molecule has 0 aliphatic rings. The van der Waals surface area contributed by atoms with Crippen molar-refractivity contribution in [3.05, 3.63) is 84.9 Å². The average molecular weight is 545 g/mol. The van der Waals surface area contributed by atoms with Crippen LogP contribution < -0.4 is 20.1 Å². The van der Waals surface area contributed by atoms with Crippen molar-refractivity contribution in [3.63, 3.8) is 0 Å². The Morgan fingerprint density at radius 1 is 0.500 bits per heavy atom. The highest BCUT2D eigenvalue weighted by Crippen LogP contribution is 2.21. The molecule has 0 spiro atoms. The molecule has 2 N–H and O–H groups in total. The fourth-order valence-electron chi connectivity index (χ4n) is 3.68. The highest BCUT2D eigenvalue weighted by Gasteiger charge is 2.11. The molecule has 10 nitrogen and oxygen atoms in total. The summed E-state index contributed by atoms with van der Waals surface area (Å²) in [6.07, 6.45) is 0. The third-order valence-electron chi connectivity index (χ3n) is 5.65. The Balaban J connectivity index is 1.03. The van der Waals surface area contributed by atoms with Gasteiger partial charge >= 0.3 is 11.9 Å². The molecule has 10 heteroatoms. The maximum atomic E-state index is 11.9. The van der Waals surface area contributed by atoms with E-state index in [1.807, 2.05) is 72.8 Å². The number of nitrogens with one attached hydrogen (secondary N) is 2. The quantitative estimate of drug-likeness (QED) is 0.194. The summed E-state index contributed by atoms with van der Waals surface area (Å²) < 4.78 is 20.7. The van der Waals surface area contributed by atoms with Crippen molar-refractivity contribution in [1.82, 2.24) is 10.6 Å². The second-order valence-electron chi connectivity index (χ2n) is 8.62. The standard InChI is InChI=1S/C30H28N2O8/c33-27(17-39-29(35)19-37-25-11-9-21-5-1-3-7-23(21)15-25)31-13-14-32-28(34)18-40-30(36)20-38-26-12-10-22-6-2-4-8-24(22)16-26/h1-12,15-16H,13-14,17-20H2,(H,31,33)(H,32,34). The Kier molecular flexibility index (Phi) is 9.87. The molecule has 0 atom stereocenters. The maximum absolute atomic E-state index is 11.9. The molecule has 4 aromatic rings. The van der Waals surface area contributed by atoms with Crippen molar-refractivity contribution in [2.24, 2.45) is 0 Å². The summed E-state index contributed by atoms with van der Waals surface area (Å²) in [6, 6.07) is 26.4. The van der Waals surface area contributed by atoms with Crippen LogP contribution in [0.15, 0.2) is 84.9 Å². The summed E-state index contributed by atoms with van der Waals surface area (Å²) >= 11 is 0. The van der Waals surface area contributed by atoms with E-state index in [4.69, 9.17) is 18.9 Å². The lowest BCUT2D eigenvalue weighted by molar-refractivity contribution is -0.150. The Hall–Kier alpha value is -5.12. The van der Waals surface area contributed by atoms with Gasteiger partial charge in [-0.15, -0.1) is 0 Å². The van der Waals surface area contributed by atoms with Crippen LogP contribution >= 0.6 is 0 Å². The molecule has 0 radical (unpaired) electrons. The smallest absolute Gasteiger partial charge is 0.344 e. The number of carbonyl (C=O) groups is 4. The van der Waals surface area contributed by atoms with Gasteiger partial charge in [0, 0.05) is 13.1 Å². The topological polar surface area (TPSA) is 129 Å². The van der Waals surface area contributed by atoms with Gasteiger partial charge in [-0.2, -0.15) is 0 Å². The molecule has 4 rings (SSSR count). The summed E-state index contributed by atoms with van der Waals surface area (Å²) in [6.45, 7) is -1.46. The maximum Gasteiger partial charge on any atom is 0.344 e. The third-order valence-corrected chi connectivity index (χ3v) is 5.65. The van der Waals surface area contributed by atoms with Gasteiger partial charge in [0.1, 0.15) is 11.5 Å². The van der Waals surface area contributed by atoms with Crippen LogP contribution in [0.1, 0.15) is 0 Å². The summed E-state index contributed by atoms with van der Waals surface area (Å²) in [7, 11) is 0. The van der Waals surface area contributed by atoms with Crippen LogP contribution in [-0.4, -0.2) is 63.3 Å². The van der Waals surface area contributed by atoms with Crippen LogP contribution in [-0.2, 0) is 28.7 Å². The van der Waals surface area contributed by atoms with E-state index in [0.717, 1.165) is 21.5 Å². The van der Waals surface area contributed by atoms with Crippen molar-refractivity contribution in [2.45, 2.75) is 0 Å². The number of rotatable bonds is 13. The molecule has 206 valence electrons. The molecule has 0 aliphatic carbocycles. The predicted octanol–water partition coefficient (Wildman–Crippen LogP) is 2.77. The number of benzene rings is 4. The van der Waals surface area contributed by atoms with Gasteiger partial charge in [-0.05, 0) is 45.8 Å². The third kappa shape index (κ3) is 8.73. The summed E-state index contributed by atoms with van der Waals surface area (Å²) in [5, 5.41) is 9.06. The molecule has 0 aromatic heterocycles.